The van der Waals surface area contributed by atoms with E-state index in [-0.39, 0.29) is 12.1 Å². The highest BCUT2D eigenvalue weighted by Gasteiger charge is 2.29. The summed E-state index contributed by atoms with van der Waals surface area (Å²) in [5.41, 5.74) is 0. The molecule has 20 heavy (non-hydrogen) atoms. The van der Waals surface area contributed by atoms with Crippen molar-refractivity contribution in [2.24, 2.45) is 0 Å². The fourth-order valence-electron chi connectivity index (χ4n) is 1.85. The van der Waals surface area contributed by atoms with Crippen LogP contribution in [0.4, 0.5) is 10.6 Å². The molecular weight excluding hydrogens is 260 g/mol. The normalized spacial score (nSPS) is 15.7. The average molecular weight is 274 g/mol. The summed E-state index contributed by atoms with van der Waals surface area (Å²) >= 11 is 0. The van der Waals surface area contributed by atoms with Gasteiger partial charge in [-0.15, -0.1) is 10.2 Å². The number of nitrogens with zero attached hydrogens (tertiary/aromatic N) is 6. The van der Waals surface area contributed by atoms with E-state index in [4.69, 9.17) is 0 Å². The van der Waals surface area contributed by atoms with Crippen LogP contribution in [-0.4, -0.2) is 36.4 Å². The van der Waals surface area contributed by atoms with Gasteiger partial charge in [0.1, 0.15) is 0 Å². The van der Waals surface area contributed by atoms with Crippen LogP contribution in [0, 0.1) is 0 Å². The van der Waals surface area contributed by atoms with Crippen molar-refractivity contribution in [1.29, 1.82) is 0 Å². The van der Waals surface area contributed by atoms with Gasteiger partial charge in [-0.3, -0.25) is 5.32 Å². The van der Waals surface area contributed by atoms with E-state index in [9.17, 15) is 4.79 Å². The van der Waals surface area contributed by atoms with Crippen molar-refractivity contribution in [2.45, 2.75) is 31.8 Å². The zero-order valence-electron chi connectivity index (χ0n) is 10.9. The Kier molecular flexibility index (Phi) is 3.23. The van der Waals surface area contributed by atoms with E-state index in [1.165, 1.54) is 6.20 Å². The SMILES string of the molecule is CC(NC(=O)Nc1cccnn1)c1nnnn1C1CC1. The van der Waals surface area contributed by atoms with Crippen LogP contribution in [0.1, 0.15) is 37.7 Å². The van der Waals surface area contributed by atoms with Crippen molar-refractivity contribution in [3.63, 3.8) is 0 Å². The minimum Gasteiger partial charge on any atom is -0.328 e. The molecule has 2 heterocycles. The first-order chi connectivity index (χ1) is 9.74. The number of hydrogen-bond donors (Lipinski definition) is 2. The molecule has 0 radical (unpaired) electrons. The topological polar surface area (TPSA) is 111 Å². The molecule has 0 aliphatic heterocycles. The summed E-state index contributed by atoms with van der Waals surface area (Å²) in [6.07, 6.45) is 3.70. The largest absolute Gasteiger partial charge is 0.328 e. The molecule has 2 aromatic heterocycles. The minimum atomic E-state index is -0.372. The number of carbonyl (C=O) groups excluding carboxylic acids is 1. The van der Waals surface area contributed by atoms with Crippen molar-refractivity contribution in [3.05, 3.63) is 24.2 Å². The molecule has 2 aromatic rings. The number of anilines is 1. The Morgan fingerprint density at radius 1 is 1.45 bits per heavy atom. The van der Waals surface area contributed by atoms with Crippen LogP contribution in [0.3, 0.4) is 0 Å². The molecule has 0 aromatic carbocycles. The second-order valence-corrected chi connectivity index (χ2v) is 4.64. The van der Waals surface area contributed by atoms with E-state index in [2.05, 4.69) is 36.4 Å². The standard InChI is InChI=1S/C11H14N8O/c1-7(10-16-17-18-19(10)8-4-5-8)13-11(20)14-9-3-2-6-12-15-9/h2-3,6-8H,4-5H2,1H3,(H2,13,14,15,20). The Hall–Kier alpha value is -2.58. The fourth-order valence-corrected chi connectivity index (χ4v) is 1.85. The van der Waals surface area contributed by atoms with Gasteiger partial charge in [-0.1, -0.05) is 0 Å². The van der Waals surface area contributed by atoms with Crippen molar-refractivity contribution < 1.29 is 4.79 Å². The third-order valence-corrected chi connectivity index (χ3v) is 2.96. The Labute approximate surface area is 114 Å². The van der Waals surface area contributed by atoms with Crippen molar-refractivity contribution >= 4 is 11.8 Å². The first-order valence-corrected chi connectivity index (χ1v) is 6.37. The van der Waals surface area contributed by atoms with Crippen LogP contribution in [0.15, 0.2) is 18.3 Å². The first-order valence-electron chi connectivity index (χ1n) is 6.37. The third kappa shape index (κ3) is 2.71. The van der Waals surface area contributed by atoms with Crippen molar-refractivity contribution in [2.75, 3.05) is 5.32 Å². The first kappa shape index (κ1) is 12.5. The van der Waals surface area contributed by atoms with Gasteiger partial charge >= 0.3 is 6.03 Å². The van der Waals surface area contributed by atoms with Gasteiger partial charge in [0, 0.05) is 6.20 Å². The Bertz CT molecular complexity index is 593. The van der Waals surface area contributed by atoms with Gasteiger partial charge in [0.15, 0.2) is 11.6 Å². The highest BCUT2D eigenvalue weighted by atomic mass is 16.2. The van der Waals surface area contributed by atoms with Crippen LogP contribution < -0.4 is 10.6 Å². The highest BCUT2D eigenvalue weighted by molar-refractivity contribution is 5.88. The minimum absolute atomic E-state index is 0.290. The number of amides is 2. The second-order valence-electron chi connectivity index (χ2n) is 4.64. The molecule has 1 fully saturated rings. The smallest absolute Gasteiger partial charge is 0.321 e. The quantitative estimate of drug-likeness (QED) is 0.848. The van der Waals surface area contributed by atoms with E-state index in [1.54, 1.807) is 16.8 Å². The van der Waals surface area contributed by atoms with Crippen LogP contribution >= 0.6 is 0 Å². The van der Waals surface area contributed by atoms with Gasteiger partial charge in [-0.05, 0) is 42.3 Å². The Morgan fingerprint density at radius 2 is 2.30 bits per heavy atom. The van der Waals surface area contributed by atoms with E-state index >= 15 is 0 Å². The molecule has 2 amide bonds. The summed E-state index contributed by atoms with van der Waals surface area (Å²) in [5.74, 6) is 1.04. The van der Waals surface area contributed by atoms with Gasteiger partial charge in [0.05, 0.1) is 12.1 Å². The lowest BCUT2D eigenvalue weighted by Gasteiger charge is -2.13. The summed E-state index contributed by atoms with van der Waals surface area (Å²) in [5, 5.41) is 24.4. The van der Waals surface area contributed by atoms with Gasteiger partial charge in [0.25, 0.3) is 0 Å². The number of carbonyl (C=O) groups is 1. The fraction of sp³-hybridized carbons (Fsp3) is 0.455. The molecule has 1 saturated carbocycles. The molecular formula is C11H14N8O. The van der Waals surface area contributed by atoms with Crippen molar-refractivity contribution in [3.8, 4) is 0 Å². The second kappa shape index (κ2) is 5.19. The summed E-state index contributed by atoms with van der Waals surface area (Å²) < 4.78 is 1.77. The molecule has 1 aliphatic carbocycles. The maximum Gasteiger partial charge on any atom is 0.321 e. The summed E-state index contributed by atoms with van der Waals surface area (Å²) in [6.45, 7) is 1.83. The molecule has 104 valence electrons. The lowest BCUT2D eigenvalue weighted by molar-refractivity contribution is 0.248. The summed E-state index contributed by atoms with van der Waals surface area (Å²) in [4.78, 5) is 11.8. The van der Waals surface area contributed by atoms with E-state index in [1.807, 2.05) is 6.92 Å². The molecule has 1 unspecified atom stereocenters. The van der Waals surface area contributed by atoms with Crippen molar-refractivity contribution in [1.82, 2.24) is 35.7 Å². The van der Waals surface area contributed by atoms with Gasteiger partial charge < -0.3 is 5.32 Å². The molecule has 0 spiro atoms. The zero-order chi connectivity index (χ0) is 13.9. The van der Waals surface area contributed by atoms with E-state index in [0.717, 1.165) is 12.8 Å². The molecule has 0 saturated heterocycles. The number of rotatable bonds is 4. The molecule has 3 rings (SSSR count). The Balaban J connectivity index is 1.62. The van der Waals surface area contributed by atoms with Crippen LogP contribution in [0.25, 0.3) is 0 Å². The van der Waals surface area contributed by atoms with Crippen LogP contribution in [-0.2, 0) is 0 Å². The number of nitrogens with one attached hydrogen (secondary N) is 2. The summed E-state index contributed by atoms with van der Waals surface area (Å²) in [7, 11) is 0. The van der Waals surface area contributed by atoms with E-state index in [0.29, 0.717) is 17.7 Å². The number of tetrazole rings is 1. The van der Waals surface area contributed by atoms with Gasteiger partial charge in [-0.25, -0.2) is 9.48 Å². The lowest BCUT2D eigenvalue weighted by Crippen LogP contribution is -2.33. The van der Waals surface area contributed by atoms with Crippen LogP contribution in [0.5, 0.6) is 0 Å². The molecule has 9 heteroatoms. The van der Waals surface area contributed by atoms with Gasteiger partial charge in [0.2, 0.25) is 0 Å². The number of hydrogen-bond acceptors (Lipinski definition) is 6. The zero-order valence-corrected chi connectivity index (χ0v) is 10.9. The predicted octanol–water partition coefficient (Wildman–Crippen LogP) is 0.681. The molecule has 1 aliphatic rings. The average Bonchev–Trinajstić information content (AvgIpc) is 3.16. The molecule has 2 N–H and O–H groups in total. The maximum atomic E-state index is 11.8. The number of aromatic nitrogens is 6. The summed E-state index contributed by atoms with van der Waals surface area (Å²) in [6, 6.07) is 3.06. The van der Waals surface area contributed by atoms with Gasteiger partial charge in [-0.2, -0.15) is 5.10 Å². The highest BCUT2D eigenvalue weighted by Crippen LogP contribution is 2.35. The lowest BCUT2D eigenvalue weighted by atomic mass is 10.3. The monoisotopic (exact) mass is 274 g/mol. The van der Waals surface area contributed by atoms with E-state index < -0.39 is 0 Å². The molecule has 9 nitrogen and oxygen atoms in total. The Morgan fingerprint density at radius 3 is 3.00 bits per heavy atom. The third-order valence-electron chi connectivity index (χ3n) is 2.96. The van der Waals surface area contributed by atoms with Crippen LogP contribution in [0.2, 0.25) is 0 Å². The maximum absolute atomic E-state index is 11.8. The predicted molar refractivity (Wildman–Crippen MR) is 68.7 cm³/mol. The molecule has 1 atom stereocenters. The number of urea groups is 1. The molecule has 0 bridgehead atoms.